The fraction of sp³-hybridized carbons (Fsp3) is 0.778. The minimum absolute atomic E-state index is 0.821. The van der Waals surface area contributed by atoms with Crippen LogP contribution in [-0.4, -0.2) is 42.7 Å². The van der Waals surface area contributed by atoms with Gasteiger partial charge in [-0.05, 0) is 57.5 Å². The van der Waals surface area contributed by atoms with E-state index in [-0.39, 0.29) is 0 Å². The lowest BCUT2D eigenvalue weighted by atomic mass is 9.92. The highest BCUT2D eigenvalue weighted by atomic mass is 15.3. The summed E-state index contributed by atoms with van der Waals surface area (Å²) in [5.74, 6) is 1.82. The predicted octanol–water partition coefficient (Wildman–Crippen LogP) is 1.65. The zero-order chi connectivity index (χ0) is 15.5. The molecule has 5 heteroatoms. The molecule has 4 rings (SSSR count). The fourth-order valence-corrected chi connectivity index (χ4v) is 4.18. The number of nitrogens with zero attached hydrogens (tertiary/aromatic N) is 3. The van der Waals surface area contributed by atoms with Gasteiger partial charge in [-0.3, -0.25) is 0 Å². The lowest BCUT2D eigenvalue weighted by Crippen LogP contribution is -2.31. The Kier molecular flexibility index (Phi) is 4.76. The first-order chi connectivity index (χ1) is 11.4. The van der Waals surface area contributed by atoms with Crippen molar-refractivity contribution in [3.8, 4) is 0 Å². The van der Waals surface area contributed by atoms with Crippen LogP contribution < -0.4 is 15.5 Å². The zero-order valence-electron chi connectivity index (χ0n) is 14.1. The topological polar surface area (TPSA) is 53.1 Å². The molecule has 5 nitrogen and oxygen atoms in total. The van der Waals surface area contributed by atoms with E-state index >= 15 is 0 Å². The number of hydrogen-bond acceptors (Lipinski definition) is 5. The van der Waals surface area contributed by atoms with Crippen molar-refractivity contribution in [1.82, 2.24) is 20.6 Å². The molecule has 0 radical (unpaired) electrons. The van der Waals surface area contributed by atoms with Crippen LogP contribution in [0.4, 0.5) is 5.95 Å². The van der Waals surface area contributed by atoms with Crippen LogP contribution in [0.25, 0.3) is 0 Å². The molecule has 3 aliphatic rings. The van der Waals surface area contributed by atoms with Crippen LogP contribution >= 0.6 is 0 Å². The normalized spacial score (nSPS) is 24.7. The molecule has 0 amide bonds. The average molecular weight is 315 g/mol. The second kappa shape index (κ2) is 7.14. The van der Waals surface area contributed by atoms with Crippen LogP contribution in [0.2, 0.25) is 0 Å². The molecule has 0 aromatic carbocycles. The molecule has 23 heavy (non-hydrogen) atoms. The molecule has 1 aromatic heterocycles. The molecule has 3 aliphatic heterocycles. The van der Waals surface area contributed by atoms with Crippen molar-refractivity contribution in [3.63, 3.8) is 0 Å². The van der Waals surface area contributed by atoms with Crippen LogP contribution in [0.15, 0.2) is 0 Å². The quantitative estimate of drug-likeness (QED) is 0.885. The lowest BCUT2D eigenvalue weighted by molar-refractivity contribution is 0.356. The van der Waals surface area contributed by atoms with Gasteiger partial charge in [-0.2, -0.15) is 0 Å². The summed E-state index contributed by atoms with van der Waals surface area (Å²) >= 11 is 0. The highest BCUT2D eigenvalue weighted by molar-refractivity contribution is 5.39. The maximum Gasteiger partial charge on any atom is 0.225 e. The average Bonchev–Trinajstić information content (AvgIpc) is 3.15. The number of fused-ring (bicyclic) bond motifs is 1. The summed E-state index contributed by atoms with van der Waals surface area (Å²) in [5, 5.41) is 7.04. The first-order valence-corrected chi connectivity index (χ1v) is 9.45. The molecule has 2 fully saturated rings. The van der Waals surface area contributed by atoms with E-state index in [1.54, 1.807) is 0 Å². The summed E-state index contributed by atoms with van der Waals surface area (Å²) in [5.41, 5.74) is 4.01. The highest BCUT2D eigenvalue weighted by Gasteiger charge is 2.22. The first-order valence-electron chi connectivity index (χ1n) is 9.45. The lowest BCUT2D eigenvalue weighted by Gasteiger charge is -2.25. The van der Waals surface area contributed by atoms with E-state index in [1.807, 2.05) is 0 Å². The SMILES string of the molecule is C1CNC[C@H](CCc2nc(N3CCCC3)nc3c2CNCC3)C1. The van der Waals surface area contributed by atoms with E-state index < -0.39 is 0 Å². The summed E-state index contributed by atoms with van der Waals surface area (Å²) in [7, 11) is 0. The Morgan fingerprint density at radius 1 is 1.04 bits per heavy atom. The predicted molar refractivity (Wildman–Crippen MR) is 92.8 cm³/mol. The van der Waals surface area contributed by atoms with E-state index in [1.165, 1.54) is 62.1 Å². The third kappa shape index (κ3) is 3.50. The Hall–Kier alpha value is -1.20. The van der Waals surface area contributed by atoms with E-state index in [0.29, 0.717) is 0 Å². The van der Waals surface area contributed by atoms with Crippen LogP contribution in [0.5, 0.6) is 0 Å². The molecule has 0 aliphatic carbocycles. The standard InChI is InChI=1S/C18H29N5/c1-2-11-23(10-1)18-21-16(6-5-14-4-3-8-19-12-14)15-13-20-9-7-17(15)22-18/h14,19-20H,1-13H2/t14-/m0/s1. The van der Waals surface area contributed by atoms with Crippen LogP contribution in [0, 0.1) is 5.92 Å². The fourth-order valence-electron chi connectivity index (χ4n) is 4.18. The third-order valence-electron chi connectivity index (χ3n) is 5.58. The zero-order valence-corrected chi connectivity index (χ0v) is 14.1. The van der Waals surface area contributed by atoms with E-state index in [9.17, 15) is 0 Å². The monoisotopic (exact) mass is 315 g/mol. The number of anilines is 1. The Balaban J connectivity index is 1.54. The summed E-state index contributed by atoms with van der Waals surface area (Å²) in [6.07, 6.45) is 8.69. The molecule has 0 saturated carbocycles. The molecule has 0 bridgehead atoms. The summed E-state index contributed by atoms with van der Waals surface area (Å²) < 4.78 is 0. The number of hydrogen-bond donors (Lipinski definition) is 2. The van der Waals surface area contributed by atoms with Crippen molar-refractivity contribution in [3.05, 3.63) is 17.0 Å². The van der Waals surface area contributed by atoms with Crippen LogP contribution in [-0.2, 0) is 19.4 Å². The van der Waals surface area contributed by atoms with Gasteiger partial charge >= 0.3 is 0 Å². The minimum Gasteiger partial charge on any atom is -0.341 e. The number of piperidine rings is 1. The van der Waals surface area contributed by atoms with Crippen molar-refractivity contribution >= 4 is 5.95 Å². The second-order valence-corrected chi connectivity index (χ2v) is 7.27. The molecule has 1 atom stereocenters. The van der Waals surface area contributed by atoms with Crippen LogP contribution in [0.3, 0.4) is 0 Å². The number of aromatic nitrogens is 2. The highest BCUT2D eigenvalue weighted by Crippen LogP contribution is 2.25. The largest absolute Gasteiger partial charge is 0.341 e. The van der Waals surface area contributed by atoms with Gasteiger partial charge in [-0.1, -0.05) is 0 Å². The summed E-state index contributed by atoms with van der Waals surface area (Å²) in [6.45, 7) is 6.64. The van der Waals surface area contributed by atoms with Crippen molar-refractivity contribution < 1.29 is 0 Å². The maximum atomic E-state index is 5.01. The van der Waals surface area contributed by atoms with Crippen molar-refractivity contribution in [2.24, 2.45) is 5.92 Å². The molecule has 0 spiro atoms. The van der Waals surface area contributed by atoms with Gasteiger partial charge in [-0.15, -0.1) is 0 Å². The minimum atomic E-state index is 0.821. The van der Waals surface area contributed by atoms with Gasteiger partial charge in [0.05, 0.1) is 11.4 Å². The Morgan fingerprint density at radius 3 is 2.78 bits per heavy atom. The number of aryl methyl sites for hydroxylation is 1. The maximum absolute atomic E-state index is 5.01. The van der Waals surface area contributed by atoms with E-state index in [0.717, 1.165) is 50.9 Å². The Bertz CT molecular complexity index is 532. The van der Waals surface area contributed by atoms with E-state index in [2.05, 4.69) is 15.5 Å². The van der Waals surface area contributed by atoms with Gasteiger partial charge in [0.15, 0.2) is 0 Å². The molecule has 126 valence electrons. The van der Waals surface area contributed by atoms with Gasteiger partial charge < -0.3 is 15.5 Å². The van der Waals surface area contributed by atoms with Crippen molar-refractivity contribution in [2.45, 2.75) is 51.5 Å². The molecule has 2 N–H and O–H groups in total. The molecule has 4 heterocycles. The van der Waals surface area contributed by atoms with Gasteiger partial charge in [0, 0.05) is 38.2 Å². The van der Waals surface area contributed by atoms with Gasteiger partial charge in [0.25, 0.3) is 0 Å². The summed E-state index contributed by atoms with van der Waals surface area (Å²) in [6, 6.07) is 0. The Labute approximate surface area is 139 Å². The van der Waals surface area contributed by atoms with Gasteiger partial charge in [-0.25, -0.2) is 9.97 Å². The molecular weight excluding hydrogens is 286 g/mol. The first kappa shape index (κ1) is 15.3. The van der Waals surface area contributed by atoms with Crippen molar-refractivity contribution in [2.75, 3.05) is 37.6 Å². The molecular formula is C18H29N5. The Morgan fingerprint density at radius 2 is 1.96 bits per heavy atom. The second-order valence-electron chi connectivity index (χ2n) is 7.27. The smallest absolute Gasteiger partial charge is 0.225 e. The van der Waals surface area contributed by atoms with Gasteiger partial charge in [0.2, 0.25) is 5.95 Å². The van der Waals surface area contributed by atoms with Crippen molar-refractivity contribution in [1.29, 1.82) is 0 Å². The number of nitrogens with one attached hydrogen (secondary N) is 2. The molecule has 2 saturated heterocycles. The molecule has 0 unspecified atom stereocenters. The number of rotatable bonds is 4. The van der Waals surface area contributed by atoms with E-state index in [4.69, 9.17) is 9.97 Å². The third-order valence-corrected chi connectivity index (χ3v) is 5.58. The van der Waals surface area contributed by atoms with Crippen LogP contribution in [0.1, 0.15) is 49.1 Å². The molecule has 1 aromatic rings. The summed E-state index contributed by atoms with van der Waals surface area (Å²) in [4.78, 5) is 12.3. The van der Waals surface area contributed by atoms with Gasteiger partial charge in [0.1, 0.15) is 0 Å².